The van der Waals surface area contributed by atoms with Gasteiger partial charge in [0.2, 0.25) is 5.91 Å². The zero-order chi connectivity index (χ0) is 14.7. The van der Waals surface area contributed by atoms with Crippen LogP contribution in [0.3, 0.4) is 0 Å². The van der Waals surface area contributed by atoms with Crippen molar-refractivity contribution in [3.05, 3.63) is 22.7 Å². The second-order valence-electron chi connectivity index (χ2n) is 5.09. The maximum Gasteiger partial charge on any atom is 0.237 e. The van der Waals surface area contributed by atoms with E-state index in [1.54, 1.807) is 6.07 Å². The lowest BCUT2D eigenvalue weighted by Gasteiger charge is -2.21. The highest BCUT2D eigenvalue weighted by molar-refractivity contribution is 6.32. The molecule has 6 heteroatoms. The molecule has 0 unspecified atom stereocenters. The Kier molecular flexibility index (Phi) is 4.73. The quantitative estimate of drug-likeness (QED) is 0.887. The van der Waals surface area contributed by atoms with Crippen LogP contribution in [0.25, 0.3) is 0 Å². The summed E-state index contributed by atoms with van der Waals surface area (Å²) in [4.78, 5) is 11.8. The summed E-state index contributed by atoms with van der Waals surface area (Å²) >= 11 is 6.13. The summed E-state index contributed by atoms with van der Waals surface area (Å²) in [5.41, 5.74) is 6.63. The van der Waals surface area contributed by atoms with Gasteiger partial charge in [-0.15, -0.1) is 0 Å². The van der Waals surface area contributed by atoms with Crippen molar-refractivity contribution < 1.29 is 14.3 Å². The molecule has 1 aromatic rings. The van der Waals surface area contributed by atoms with Gasteiger partial charge in [-0.3, -0.25) is 4.79 Å². The molecule has 3 N–H and O–H groups in total. The van der Waals surface area contributed by atoms with Crippen LogP contribution in [-0.4, -0.2) is 25.2 Å². The van der Waals surface area contributed by atoms with Crippen molar-refractivity contribution in [3.63, 3.8) is 0 Å². The van der Waals surface area contributed by atoms with Gasteiger partial charge in [0.05, 0.1) is 11.1 Å². The van der Waals surface area contributed by atoms with E-state index in [0.717, 1.165) is 5.56 Å². The number of rotatable bonds is 4. The van der Waals surface area contributed by atoms with Crippen LogP contribution in [0, 0.1) is 5.92 Å². The Bertz CT molecular complexity index is 505. The van der Waals surface area contributed by atoms with E-state index in [4.69, 9.17) is 26.8 Å². The highest BCUT2D eigenvalue weighted by Crippen LogP contribution is 2.38. The molecule has 0 aromatic heterocycles. The Morgan fingerprint density at radius 2 is 2.10 bits per heavy atom. The summed E-state index contributed by atoms with van der Waals surface area (Å²) in [7, 11) is 0. The van der Waals surface area contributed by atoms with Gasteiger partial charge >= 0.3 is 0 Å². The van der Waals surface area contributed by atoms with E-state index in [-0.39, 0.29) is 11.8 Å². The number of nitrogens with one attached hydrogen (secondary N) is 1. The molecular weight excluding hydrogens is 280 g/mol. The molecule has 0 fully saturated rings. The van der Waals surface area contributed by atoms with Gasteiger partial charge in [0.15, 0.2) is 11.5 Å². The maximum atomic E-state index is 11.8. The Balaban J connectivity index is 2.04. The fourth-order valence-corrected chi connectivity index (χ4v) is 2.16. The lowest BCUT2D eigenvalue weighted by atomic mass is 10.0. The number of amides is 1. The molecule has 2 rings (SSSR count). The highest BCUT2D eigenvalue weighted by Gasteiger charge is 2.19. The highest BCUT2D eigenvalue weighted by atomic mass is 35.5. The first kappa shape index (κ1) is 14.9. The van der Waals surface area contributed by atoms with Crippen LogP contribution in [0.1, 0.15) is 19.4 Å². The molecule has 1 heterocycles. The molecule has 110 valence electrons. The van der Waals surface area contributed by atoms with Gasteiger partial charge in [-0.05, 0) is 23.6 Å². The normalized spacial score (nSPS) is 15.1. The van der Waals surface area contributed by atoms with Gasteiger partial charge in [0, 0.05) is 6.54 Å². The largest absolute Gasteiger partial charge is 0.486 e. The van der Waals surface area contributed by atoms with Crippen LogP contribution in [-0.2, 0) is 11.3 Å². The van der Waals surface area contributed by atoms with Crippen molar-refractivity contribution in [3.8, 4) is 11.5 Å². The number of halogens is 1. The van der Waals surface area contributed by atoms with Crippen LogP contribution < -0.4 is 20.5 Å². The third-order valence-corrected chi connectivity index (χ3v) is 3.43. The van der Waals surface area contributed by atoms with E-state index in [9.17, 15) is 4.79 Å². The smallest absolute Gasteiger partial charge is 0.237 e. The number of carbonyl (C=O) groups is 1. The topological polar surface area (TPSA) is 73.6 Å². The van der Waals surface area contributed by atoms with Crippen molar-refractivity contribution in [2.75, 3.05) is 13.2 Å². The van der Waals surface area contributed by atoms with E-state index in [1.165, 1.54) is 0 Å². The minimum atomic E-state index is -0.511. The minimum absolute atomic E-state index is 0.0962. The first-order chi connectivity index (χ1) is 9.49. The summed E-state index contributed by atoms with van der Waals surface area (Å²) in [6, 6.07) is 3.07. The first-order valence-corrected chi connectivity index (χ1v) is 6.98. The molecule has 1 amide bonds. The molecule has 0 radical (unpaired) electrons. The summed E-state index contributed by atoms with van der Waals surface area (Å²) in [6.07, 6.45) is 0. The fourth-order valence-electron chi connectivity index (χ4n) is 1.88. The van der Waals surface area contributed by atoms with Gasteiger partial charge < -0.3 is 20.5 Å². The third kappa shape index (κ3) is 3.35. The van der Waals surface area contributed by atoms with Gasteiger partial charge in [-0.2, -0.15) is 0 Å². The molecule has 0 spiro atoms. The lowest BCUT2D eigenvalue weighted by Crippen LogP contribution is -2.43. The average Bonchev–Trinajstić information content (AvgIpc) is 2.44. The van der Waals surface area contributed by atoms with E-state index in [2.05, 4.69) is 5.32 Å². The zero-order valence-electron chi connectivity index (χ0n) is 11.6. The van der Waals surface area contributed by atoms with Crippen LogP contribution in [0.2, 0.25) is 5.02 Å². The number of hydrogen-bond acceptors (Lipinski definition) is 4. The molecule has 5 nitrogen and oxygen atoms in total. The Hall–Kier alpha value is -1.46. The predicted octanol–water partition coefficient (Wildman–Crippen LogP) is 1.71. The SMILES string of the molecule is CC(C)[C@H](N)C(=O)NCc1cc(Cl)c2c(c1)OCCO2. The summed E-state index contributed by atoms with van der Waals surface area (Å²) in [6.45, 7) is 5.16. The van der Waals surface area contributed by atoms with Crippen LogP contribution >= 0.6 is 11.6 Å². The number of hydrogen-bond donors (Lipinski definition) is 2. The first-order valence-electron chi connectivity index (χ1n) is 6.60. The third-order valence-electron chi connectivity index (χ3n) is 3.14. The van der Waals surface area contributed by atoms with Gasteiger partial charge in [0.1, 0.15) is 13.2 Å². The Morgan fingerprint density at radius 1 is 1.40 bits per heavy atom. The van der Waals surface area contributed by atoms with Gasteiger partial charge in [-0.1, -0.05) is 25.4 Å². The van der Waals surface area contributed by atoms with E-state index in [0.29, 0.717) is 36.3 Å². The molecule has 0 saturated carbocycles. The van der Waals surface area contributed by atoms with Gasteiger partial charge in [0.25, 0.3) is 0 Å². The molecule has 1 aliphatic rings. The Morgan fingerprint density at radius 3 is 2.80 bits per heavy atom. The summed E-state index contributed by atoms with van der Waals surface area (Å²) in [5, 5.41) is 3.28. The number of ether oxygens (including phenoxy) is 2. The summed E-state index contributed by atoms with van der Waals surface area (Å²) in [5.74, 6) is 1.10. The lowest BCUT2D eigenvalue weighted by molar-refractivity contribution is -0.123. The number of benzene rings is 1. The van der Waals surface area contributed by atoms with Crippen molar-refractivity contribution >= 4 is 17.5 Å². The minimum Gasteiger partial charge on any atom is -0.486 e. The molecule has 20 heavy (non-hydrogen) atoms. The second-order valence-corrected chi connectivity index (χ2v) is 5.50. The van der Waals surface area contributed by atoms with Crippen LogP contribution in [0.5, 0.6) is 11.5 Å². The monoisotopic (exact) mass is 298 g/mol. The van der Waals surface area contributed by atoms with Crippen LogP contribution in [0.4, 0.5) is 0 Å². The molecule has 0 bridgehead atoms. The van der Waals surface area contributed by atoms with E-state index in [1.807, 2.05) is 19.9 Å². The maximum absolute atomic E-state index is 11.8. The molecule has 1 atom stereocenters. The standard InChI is InChI=1S/C14H19ClN2O3/c1-8(2)12(16)14(18)17-7-9-5-10(15)13-11(6-9)19-3-4-20-13/h5-6,8,12H,3-4,7,16H2,1-2H3,(H,17,18)/t12-/m0/s1. The number of fused-ring (bicyclic) bond motifs is 1. The fraction of sp³-hybridized carbons (Fsp3) is 0.500. The number of carbonyl (C=O) groups excluding carboxylic acids is 1. The van der Waals surface area contributed by atoms with Crippen molar-refractivity contribution in [1.29, 1.82) is 0 Å². The van der Waals surface area contributed by atoms with Crippen LogP contribution in [0.15, 0.2) is 12.1 Å². The average molecular weight is 299 g/mol. The van der Waals surface area contributed by atoms with Crippen molar-refractivity contribution in [2.45, 2.75) is 26.4 Å². The number of nitrogens with two attached hydrogens (primary N) is 1. The summed E-state index contributed by atoms with van der Waals surface area (Å²) < 4.78 is 10.9. The van der Waals surface area contributed by atoms with Crippen molar-refractivity contribution in [1.82, 2.24) is 5.32 Å². The molecule has 1 aromatic carbocycles. The molecule has 1 aliphatic heterocycles. The van der Waals surface area contributed by atoms with E-state index >= 15 is 0 Å². The molecule has 0 saturated heterocycles. The second kappa shape index (κ2) is 6.33. The predicted molar refractivity (Wildman–Crippen MR) is 77.1 cm³/mol. The Labute approximate surface area is 123 Å². The zero-order valence-corrected chi connectivity index (χ0v) is 12.4. The van der Waals surface area contributed by atoms with Crippen molar-refractivity contribution in [2.24, 2.45) is 11.7 Å². The molecule has 0 aliphatic carbocycles. The molecular formula is C14H19ClN2O3. The van der Waals surface area contributed by atoms with Gasteiger partial charge in [-0.25, -0.2) is 0 Å². The van der Waals surface area contributed by atoms with E-state index < -0.39 is 6.04 Å².